The molecule has 4 rings (SSSR count). The van der Waals surface area contributed by atoms with Crippen LogP contribution in [0.3, 0.4) is 0 Å². The fourth-order valence-corrected chi connectivity index (χ4v) is 5.61. The fourth-order valence-electron chi connectivity index (χ4n) is 3.97. The third-order valence-electron chi connectivity index (χ3n) is 6.15. The van der Waals surface area contributed by atoms with Gasteiger partial charge < -0.3 is 24.2 Å². The molecule has 1 fully saturated rings. The van der Waals surface area contributed by atoms with Crippen LogP contribution in [0.2, 0.25) is 5.02 Å². The van der Waals surface area contributed by atoms with Crippen molar-refractivity contribution in [2.45, 2.75) is 43.7 Å². The van der Waals surface area contributed by atoms with Gasteiger partial charge in [0.2, 0.25) is 5.72 Å². The van der Waals surface area contributed by atoms with E-state index in [4.69, 9.17) is 30.1 Å². The molecule has 0 radical (unpaired) electrons. The number of carbonyl (C=O) groups excluding carboxylic acids is 1. The number of halogens is 1. The first kappa shape index (κ1) is 31.9. The maximum absolute atomic E-state index is 14.0. The summed E-state index contributed by atoms with van der Waals surface area (Å²) in [6.45, 7) is 0.257. The van der Waals surface area contributed by atoms with Gasteiger partial charge in [-0.2, -0.15) is 5.09 Å². The number of H-pyrrole nitrogens is 1. The van der Waals surface area contributed by atoms with Crippen LogP contribution in [0.15, 0.2) is 81.6 Å². The second-order valence-electron chi connectivity index (χ2n) is 9.26. The van der Waals surface area contributed by atoms with E-state index in [-0.39, 0.29) is 12.4 Å². The van der Waals surface area contributed by atoms with E-state index in [1.165, 1.54) is 31.2 Å². The molecule has 16 nitrogen and oxygen atoms in total. The van der Waals surface area contributed by atoms with Gasteiger partial charge in [0.05, 0.1) is 6.61 Å². The zero-order valence-corrected chi connectivity index (χ0v) is 24.0. The van der Waals surface area contributed by atoms with Crippen molar-refractivity contribution in [3.63, 3.8) is 0 Å². The molecule has 18 heteroatoms. The lowest BCUT2D eigenvalue weighted by atomic mass is 10.1. The number of hydrogen-bond acceptors (Lipinski definition) is 11. The predicted octanol–water partition coefficient (Wildman–Crippen LogP) is 2.37. The van der Waals surface area contributed by atoms with Gasteiger partial charge in [-0.25, -0.2) is 9.36 Å². The summed E-state index contributed by atoms with van der Waals surface area (Å²) in [5.74, 6) is -0.823. The number of nitrogens with one attached hydrogen (secondary N) is 2. The molecule has 2 aromatic carbocycles. The first-order valence-electron chi connectivity index (χ1n) is 12.5. The second kappa shape index (κ2) is 13.5. The van der Waals surface area contributed by atoms with Crippen molar-refractivity contribution in [2.75, 3.05) is 6.61 Å². The first-order valence-corrected chi connectivity index (χ1v) is 14.5. The molecule has 6 atom stereocenters. The van der Waals surface area contributed by atoms with E-state index < -0.39 is 61.8 Å². The highest BCUT2D eigenvalue weighted by Gasteiger charge is 2.56. The lowest BCUT2D eigenvalue weighted by Crippen LogP contribution is -2.45. The van der Waals surface area contributed by atoms with Crippen LogP contribution >= 0.6 is 19.3 Å². The summed E-state index contributed by atoms with van der Waals surface area (Å²) in [7, 11) is -4.60. The highest BCUT2D eigenvalue weighted by Crippen LogP contribution is 2.48. The highest BCUT2D eigenvalue weighted by atomic mass is 35.5. The Balaban J connectivity index is 1.57. The number of aliphatic hydroxyl groups excluding tert-OH is 2. The monoisotopic (exact) mass is 636 g/mol. The standard InChI is InChI=1S/C25H26ClN6O10P/c1-15(23(36)39-13-16-5-3-2-4-6-16)29-43(38,42-18-9-7-17(26)8-10-18)40-14-25(30-31-27)21(35)20(34)22(41-25)32-12-11-19(33)28-24(32)37/h2-12,15,20-22,34-35H,13-14H2,1H3,(H,29,38)(H,28,33,37)/t15-,20-,21+,22-,25-,43?/m1/s1. The van der Waals surface area contributed by atoms with E-state index >= 15 is 0 Å². The van der Waals surface area contributed by atoms with Crippen molar-refractivity contribution in [3.8, 4) is 5.75 Å². The Kier molecular flexibility index (Phi) is 10.1. The molecule has 3 aromatic rings. The molecule has 2 heterocycles. The average Bonchev–Trinajstić information content (AvgIpc) is 3.22. The first-order chi connectivity index (χ1) is 20.4. The van der Waals surface area contributed by atoms with E-state index in [0.717, 1.165) is 16.8 Å². The Bertz CT molecular complexity index is 1650. The van der Waals surface area contributed by atoms with Crippen LogP contribution in [-0.2, 0) is 30.0 Å². The number of carbonyl (C=O) groups is 1. The minimum Gasteiger partial charge on any atom is -0.460 e. The zero-order chi connectivity index (χ0) is 31.2. The summed E-state index contributed by atoms with van der Waals surface area (Å²) in [5, 5.41) is 27.7. The molecular weight excluding hydrogens is 611 g/mol. The van der Waals surface area contributed by atoms with E-state index in [2.05, 4.69) is 15.1 Å². The third kappa shape index (κ3) is 7.70. The molecule has 0 aliphatic carbocycles. The summed E-state index contributed by atoms with van der Waals surface area (Å²) < 4.78 is 36.7. The van der Waals surface area contributed by atoms with Gasteiger partial charge in [0, 0.05) is 22.2 Å². The average molecular weight is 637 g/mol. The normalized spacial score (nSPS) is 23.5. The van der Waals surface area contributed by atoms with Gasteiger partial charge in [0.15, 0.2) is 6.23 Å². The van der Waals surface area contributed by atoms with Gasteiger partial charge in [-0.05, 0) is 42.3 Å². The van der Waals surface area contributed by atoms with Crippen molar-refractivity contribution in [1.82, 2.24) is 14.6 Å². The number of aliphatic hydroxyl groups is 2. The third-order valence-corrected chi connectivity index (χ3v) is 8.03. The molecule has 0 saturated carbocycles. The Hall–Kier alpha value is -3.98. The number of rotatable bonds is 12. The van der Waals surface area contributed by atoms with Crippen LogP contribution in [0.1, 0.15) is 18.7 Å². The van der Waals surface area contributed by atoms with Crippen molar-refractivity contribution in [3.05, 3.63) is 109 Å². The van der Waals surface area contributed by atoms with Crippen LogP contribution in [-0.4, -0.2) is 56.3 Å². The zero-order valence-electron chi connectivity index (χ0n) is 22.3. The summed E-state index contributed by atoms with van der Waals surface area (Å²) in [6.07, 6.45) is -4.57. The van der Waals surface area contributed by atoms with Crippen LogP contribution < -0.4 is 20.9 Å². The van der Waals surface area contributed by atoms with Gasteiger partial charge in [-0.3, -0.25) is 23.7 Å². The van der Waals surface area contributed by atoms with Gasteiger partial charge in [-0.15, -0.1) is 0 Å². The van der Waals surface area contributed by atoms with Gasteiger partial charge in [0.1, 0.15) is 30.6 Å². The summed E-state index contributed by atoms with van der Waals surface area (Å²) in [4.78, 5) is 41.1. The molecule has 43 heavy (non-hydrogen) atoms. The molecule has 1 aromatic heterocycles. The lowest BCUT2D eigenvalue weighted by Gasteiger charge is -2.29. The van der Waals surface area contributed by atoms with Crippen LogP contribution in [0.25, 0.3) is 10.4 Å². The second-order valence-corrected chi connectivity index (χ2v) is 11.4. The Morgan fingerprint density at radius 1 is 1.23 bits per heavy atom. The van der Waals surface area contributed by atoms with Crippen LogP contribution in [0.5, 0.6) is 5.75 Å². The van der Waals surface area contributed by atoms with Crippen LogP contribution in [0, 0.1) is 0 Å². The van der Waals surface area contributed by atoms with E-state index in [9.17, 15) is 34.7 Å². The molecular formula is C25H26ClN6O10P. The Morgan fingerprint density at radius 3 is 2.58 bits per heavy atom. The topological polar surface area (TPSA) is 227 Å². The number of azide groups is 1. The number of esters is 1. The number of aromatic nitrogens is 2. The number of hydrogen-bond donors (Lipinski definition) is 4. The molecule has 0 bridgehead atoms. The molecule has 1 saturated heterocycles. The van der Waals surface area contributed by atoms with E-state index in [1.807, 2.05) is 4.98 Å². The quantitative estimate of drug-likeness (QED) is 0.0741. The van der Waals surface area contributed by atoms with Gasteiger partial charge in [0.25, 0.3) is 5.56 Å². The summed E-state index contributed by atoms with van der Waals surface area (Å²) in [6, 6.07) is 14.1. The SMILES string of the molecule is C[C@@H](NP(=O)(OC[C@@]1(N=[N+]=[N-])O[C@@H](n2ccc(=O)[nH]c2=O)[C@H](O)[C@@H]1O)Oc1ccc(Cl)cc1)C(=O)OCc1ccccc1. The lowest BCUT2D eigenvalue weighted by molar-refractivity contribution is -0.146. The maximum atomic E-state index is 14.0. The smallest absolute Gasteiger partial charge is 0.459 e. The van der Waals surface area contributed by atoms with Crippen molar-refractivity contribution in [2.24, 2.45) is 5.11 Å². The molecule has 1 aliphatic heterocycles. The number of nitrogens with zero attached hydrogens (tertiary/aromatic N) is 4. The largest absolute Gasteiger partial charge is 0.460 e. The molecule has 1 aliphatic rings. The van der Waals surface area contributed by atoms with Crippen LogP contribution in [0.4, 0.5) is 0 Å². The van der Waals surface area contributed by atoms with Crippen molar-refractivity contribution in [1.29, 1.82) is 0 Å². The minimum atomic E-state index is -4.60. The van der Waals surface area contributed by atoms with Gasteiger partial charge >= 0.3 is 19.4 Å². The summed E-state index contributed by atoms with van der Waals surface area (Å²) in [5.41, 5.74) is 5.75. The Morgan fingerprint density at radius 2 is 1.93 bits per heavy atom. The maximum Gasteiger partial charge on any atom is 0.459 e. The fraction of sp³-hybridized carbons (Fsp3) is 0.320. The van der Waals surface area contributed by atoms with E-state index in [1.54, 1.807) is 30.3 Å². The summed E-state index contributed by atoms with van der Waals surface area (Å²) >= 11 is 5.92. The molecule has 4 N–H and O–H groups in total. The van der Waals surface area contributed by atoms with Crippen molar-refractivity contribution >= 4 is 25.3 Å². The van der Waals surface area contributed by atoms with Crippen molar-refractivity contribution < 1.29 is 38.1 Å². The predicted molar refractivity (Wildman–Crippen MR) is 150 cm³/mol. The molecule has 228 valence electrons. The number of benzene rings is 2. The van der Waals surface area contributed by atoms with Gasteiger partial charge in [-0.1, -0.05) is 47.0 Å². The number of aromatic amines is 1. The number of ether oxygens (including phenoxy) is 2. The Labute approximate surface area is 248 Å². The minimum absolute atomic E-state index is 0.00601. The highest BCUT2D eigenvalue weighted by molar-refractivity contribution is 7.52. The van der Waals surface area contributed by atoms with E-state index in [0.29, 0.717) is 10.6 Å². The molecule has 0 amide bonds. The molecule has 1 unspecified atom stereocenters. The molecule has 0 spiro atoms.